The van der Waals surface area contributed by atoms with Crippen molar-refractivity contribution >= 4 is 5.78 Å². The van der Waals surface area contributed by atoms with Crippen LogP contribution in [0.3, 0.4) is 0 Å². The van der Waals surface area contributed by atoms with E-state index in [1.54, 1.807) is 18.2 Å². The molecule has 0 bridgehead atoms. The average molecular weight is 259 g/mol. The highest BCUT2D eigenvalue weighted by molar-refractivity contribution is 5.88. The van der Waals surface area contributed by atoms with Gasteiger partial charge in [-0.2, -0.15) is 5.26 Å². The van der Waals surface area contributed by atoms with E-state index in [1.165, 1.54) is 0 Å². The van der Waals surface area contributed by atoms with E-state index >= 15 is 0 Å². The third-order valence-electron chi connectivity index (χ3n) is 3.13. The van der Waals surface area contributed by atoms with Crippen LogP contribution < -0.4 is 9.47 Å². The van der Waals surface area contributed by atoms with Crippen molar-refractivity contribution in [2.24, 2.45) is 0 Å². The van der Waals surface area contributed by atoms with Crippen molar-refractivity contribution in [1.82, 2.24) is 0 Å². The predicted molar refractivity (Wildman–Crippen MR) is 70.3 cm³/mol. The number of ether oxygens (including phenoxy) is 2. The van der Waals surface area contributed by atoms with Crippen LogP contribution in [0.2, 0.25) is 0 Å². The van der Waals surface area contributed by atoms with Crippen molar-refractivity contribution in [3.05, 3.63) is 23.8 Å². The molecule has 0 radical (unpaired) electrons. The Labute approximate surface area is 112 Å². The van der Waals surface area contributed by atoms with E-state index in [1.807, 2.05) is 6.92 Å². The maximum atomic E-state index is 12.0. The topological polar surface area (TPSA) is 59.3 Å². The molecule has 0 amide bonds. The number of hydrogen-bond donors (Lipinski definition) is 0. The summed E-state index contributed by atoms with van der Waals surface area (Å²) < 4.78 is 10.9. The predicted octanol–water partition coefficient (Wildman–Crippen LogP) is 2.82. The summed E-state index contributed by atoms with van der Waals surface area (Å²) in [4.78, 5) is 12.0. The molecule has 2 rings (SSSR count). The van der Waals surface area contributed by atoms with E-state index in [9.17, 15) is 10.1 Å². The highest BCUT2D eigenvalue weighted by atomic mass is 16.6. The Morgan fingerprint density at radius 3 is 2.79 bits per heavy atom. The Bertz CT molecular complexity index is 505. The van der Waals surface area contributed by atoms with Gasteiger partial charge in [0.1, 0.15) is 19.1 Å². The summed E-state index contributed by atoms with van der Waals surface area (Å²) in [5, 5.41) is 9.21. The molecule has 1 aromatic rings. The normalized spacial score (nSPS) is 14.5. The van der Waals surface area contributed by atoms with E-state index in [0.717, 1.165) is 12.8 Å². The number of Topliss-reactive ketones (excluding diaryl/α,β-unsaturated/α-hetero) is 1. The van der Waals surface area contributed by atoms with Crippen molar-refractivity contribution in [2.75, 3.05) is 13.2 Å². The molecule has 0 saturated carbocycles. The summed E-state index contributed by atoms with van der Waals surface area (Å²) in [7, 11) is 0. The van der Waals surface area contributed by atoms with Crippen LogP contribution in [-0.4, -0.2) is 19.0 Å². The van der Waals surface area contributed by atoms with Crippen LogP contribution in [0.15, 0.2) is 18.2 Å². The smallest absolute Gasteiger partial charge is 0.161 e. The first-order valence-corrected chi connectivity index (χ1v) is 6.58. The van der Waals surface area contributed by atoms with Gasteiger partial charge in [-0.15, -0.1) is 0 Å². The Balaban J connectivity index is 2.19. The van der Waals surface area contributed by atoms with Gasteiger partial charge in [0, 0.05) is 6.42 Å². The molecule has 4 heteroatoms. The molecule has 1 aliphatic rings. The second kappa shape index (κ2) is 6.24. The molecule has 1 aliphatic heterocycles. The maximum absolute atomic E-state index is 12.0. The van der Waals surface area contributed by atoms with Gasteiger partial charge in [0.25, 0.3) is 0 Å². The van der Waals surface area contributed by atoms with Crippen molar-refractivity contribution in [1.29, 1.82) is 5.26 Å². The summed E-state index contributed by atoms with van der Waals surface area (Å²) in [5.41, 5.74) is 0.688. The molecule has 0 aliphatic carbocycles. The molecule has 1 unspecified atom stereocenters. The highest BCUT2D eigenvalue weighted by Crippen LogP contribution is 2.33. The van der Waals surface area contributed by atoms with Gasteiger partial charge in [-0.1, -0.05) is 19.4 Å². The number of ketones is 1. The van der Waals surface area contributed by atoms with E-state index in [0.29, 0.717) is 36.7 Å². The minimum Gasteiger partial charge on any atom is -0.486 e. The van der Waals surface area contributed by atoms with Crippen LogP contribution in [-0.2, 0) is 4.79 Å². The lowest BCUT2D eigenvalue weighted by Gasteiger charge is -2.19. The number of nitrogens with zero attached hydrogens (tertiary/aromatic N) is 1. The van der Waals surface area contributed by atoms with Gasteiger partial charge in [0.2, 0.25) is 0 Å². The molecule has 19 heavy (non-hydrogen) atoms. The molecule has 1 atom stereocenters. The fourth-order valence-corrected chi connectivity index (χ4v) is 2.07. The van der Waals surface area contributed by atoms with Gasteiger partial charge in [0.05, 0.1) is 6.07 Å². The fraction of sp³-hybridized carbons (Fsp3) is 0.467. The van der Waals surface area contributed by atoms with E-state index in [2.05, 4.69) is 6.07 Å². The van der Waals surface area contributed by atoms with Gasteiger partial charge >= 0.3 is 0 Å². The van der Waals surface area contributed by atoms with Crippen LogP contribution in [0.4, 0.5) is 0 Å². The van der Waals surface area contributed by atoms with Gasteiger partial charge in [-0.3, -0.25) is 4.79 Å². The molecule has 0 saturated heterocycles. The number of benzene rings is 1. The summed E-state index contributed by atoms with van der Waals surface area (Å²) >= 11 is 0. The lowest BCUT2D eigenvalue weighted by Crippen LogP contribution is -2.16. The van der Waals surface area contributed by atoms with Crippen molar-refractivity contribution in [3.8, 4) is 17.6 Å². The van der Waals surface area contributed by atoms with E-state index in [4.69, 9.17) is 9.47 Å². The fourth-order valence-electron chi connectivity index (χ4n) is 2.07. The minimum atomic E-state index is -0.706. The first kappa shape index (κ1) is 13.4. The molecule has 0 N–H and O–H groups in total. The Morgan fingerprint density at radius 2 is 2.11 bits per heavy atom. The second-order valence-electron chi connectivity index (χ2n) is 4.54. The largest absolute Gasteiger partial charge is 0.486 e. The van der Waals surface area contributed by atoms with Crippen molar-refractivity contribution in [3.63, 3.8) is 0 Å². The molecule has 4 nitrogen and oxygen atoms in total. The molecule has 0 fully saturated rings. The minimum absolute atomic E-state index is 0.0268. The Morgan fingerprint density at radius 1 is 1.37 bits per heavy atom. The summed E-state index contributed by atoms with van der Waals surface area (Å²) in [5.74, 6) is 0.559. The number of nitriles is 1. The van der Waals surface area contributed by atoms with Gasteiger partial charge in [0.15, 0.2) is 17.3 Å². The summed E-state index contributed by atoms with van der Waals surface area (Å²) in [6.07, 6.45) is 2.22. The number of hydrogen-bond acceptors (Lipinski definition) is 4. The third-order valence-corrected chi connectivity index (χ3v) is 3.13. The third kappa shape index (κ3) is 3.05. The number of rotatable bonds is 5. The first-order chi connectivity index (χ1) is 9.26. The van der Waals surface area contributed by atoms with Crippen LogP contribution >= 0.6 is 0 Å². The zero-order chi connectivity index (χ0) is 13.7. The quantitative estimate of drug-likeness (QED) is 0.815. The molecule has 0 aromatic heterocycles. The number of unbranched alkanes of at least 4 members (excludes halogenated alkanes) is 1. The maximum Gasteiger partial charge on any atom is 0.161 e. The molecule has 1 aromatic carbocycles. The molecular formula is C15H17NO3. The van der Waals surface area contributed by atoms with Gasteiger partial charge in [-0.05, 0) is 24.1 Å². The zero-order valence-corrected chi connectivity index (χ0v) is 11.0. The highest BCUT2D eigenvalue weighted by Gasteiger charge is 2.22. The lowest BCUT2D eigenvalue weighted by atomic mass is 9.93. The summed E-state index contributed by atoms with van der Waals surface area (Å²) in [6, 6.07) is 7.36. The van der Waals surface area contributed by atoms with E-state index < -0.39 is 5.92 Å². The van der Waals surface area contributed by atoms with Crippen LogP contribution in [0.1, 0.15) is 37.7 Å². The lowest BCUT2D eigenvalue weighted by molar-refractivity contribution is -0.119. The van der Waals surface area contributed by atoms with Crippen LogP contribution in [0.5, 0.6) is 11.5 Å². The summed E-state index contributed by atoms with van der Waals surface area (Å²) in [6.45, 7) is 3.06. The Hall–Kier alpha value is -2.02. The van der Waals surface area contributed by atoms with E-state index in [-0.39, 0.29) is 5.78 Å². The molecule has 0 spiro atoms. The standard InChI is InChI=1S/C15H17NO3/c1-2-3-4-13(17)12(10-16)11-5-6-14-15(9-11)19-8-7-18-14/h5-6,9,12H,2-4,7-8H2,1H3. The molecule has 1 heterocycles. The molecular weight excluding hydrogens is 242 g/mol. The van der Waals surface area contributed by atoms with Crippen LogP contribution in [0, 0.1) is 11.3 Å². The second-order valence-corrected chi connectivity index (χ2v) is 4.54. The van der Waals surface area contributed by atoms with Gasteiger partial charge < -0.3 is 9.47 Å². The SMILES string of the molecule is CCCCC(=O)C(C#N)c1ccc2c(c1)OCCO2. The van der Waals surface area contributed by atoms with Crippen molar-refractivity contribution < 1.29 is 14.3 Å². The monoisotopic (exact) mass is 259 g/mol. The van der Waals surface area contributed by atoms with Crippen LogP contribution in [0.25, 0.3) is 0 Å². The average Bonchev–Trinajstić information content (AvgIpc) is 2.45. The van der Waals surface area contributed by atoms with Crippen molar-refractivity contribution in [2.45, 2.75) is 32.1 Å². The Kier molecular flexibility index (Phi) is 4.40. The number of fused-ring (bicyclic) bond motifs is 1. The molecule has 100 valence electrons. The first-order valence-electron chi connectivity index (χ1n) is 6.58. The zero-order valence-electron chi connectivity index (χ0n) is 11.0. The van der Waals surface area contributed by atoms with Gasteiger partial charge in [-0.25, -0.2) is 0 Å². The number of carbonyl (C=O) groups excluding carboxylic acids is 1. The number of carbonyl (C=O) groups is 1.